The highest BCUT2D eigenvalue weighted by molar-refractivity contribution is 5.75. The number of morpholine rings is 1. The van der Waals surface area contributed by atoms with Crippen LogP contribution in [-0.2, 0) is 22.6 Å². The number of tetrazole rings is 1. The lowest BCUT2D eigenvalue weighted by Crippen LogP contribution is -2.41. The Hall–Kier alpha value is -3.11. The van der Waals surface area contributed by atoms with Gasteiger partial charge in [0.25, 0.3) is 0 Å². The number of aromatic nitrogens is 6. The van der Waals surface area contributed by atoms with Crippen molar-refractivity contribution in [3.63, 3.8) is 0 Å². The van der Waals surface area contributed by atoms with Gasteiger partial charge in [-0.15, -0.1) is 5.10 Å². The fourth-order valence-electron chi connectivity index (χ4n) is 3.45. The van der Waals surface area contributed by atoms with Gasteiger partial charge in [-0.05, 0) is 22.9 Å². The highest BCUT2D eigenvalue weighted by Crippen LogP contribution is 2.27. The van der Waals surface area contributed by atoms with Gasteiger partial charge in [-0.1, -0.05) is 30.3 Å². The Labute approximate surface area is 168 Å². The first-order chi connectivity index (χ1) is 14.2. The van der Waals surface area contributed by atoms with Crippen LogP contribution in [0.1, 0.15) is 28.9 Å². The van der Waals surface area contributed by atoms with Gasteiger partial charge in [0.05, 0.1) is 25.8 Å². The van der Waals surface area contributed by atoms with E-state index in [0.29, 0.717) is 31.4 Å². The van der Waals surface area contributed by atoms with Gasteiger partial charge in [-0.25, -0.2) is 9.67 Å². The number of imidazole rings is 1. The van der Waals surface area contributed by atoms with Crippen LogP contribution in [0.3, 0.4) is 0 Å². The Morgan fingerprint density at radius 1 is 1.28 bits per heavy atom. The van der Waals surface area contributed by atoms with Crippen molar-refractivity contribution in [2.24, 2.45) is 0 Å². The van der Waals surface area contributed by atoms with E-state index in [4.69, 9.17) is 4.74 Å². The van der Waals surface area contributed by atoms with E-state index in [9.17, 15) is 4.79 Å². The number of aryl methyl sites for hydroxylation is 1. The van der Waals surface area contributed by atoms with Crippen LogP contribution in [0.4, 0.5) is 0 Å². The summed E-state index contributed by atoms with van der Waals surface area (Å²) in [7, 11) is 0. The van der Waals surface area contributed by atoms with Crippen molar-refractivity contribution >= 4 is 5.91 Å². The van der Waals surface area contributed by atoms with Crippen LogP contribution in [0.15, 0.2) is 36.5 Å². The fraction of sp³-hybridized carbons (Fsp3) is 0.421. The van der Waals surface area contributed by atoms with Crippen molar-refractivity contribution in [1.29, 1.82) is 0 Å². The molecule has 29 heavy (non-hydrogen) atoms. The van der Waals surface area contributed by atoms with E-state index in [2.05, 4.69) is 47.8 Å². The molecule has 0 aliphatic carbocycles. The summed E-state index contributed by atoms with van der Waals surface area (Å²) >= 11 is 0. The number of aromatic amines is 1. The third kappa shape index (κ3) is 4.66. The zero-order chi connectivity index (χ0) is 20.1. The highest BCUT2D eigenvalue weighted by atomic mass is 16.5. The van der Waals surface area contributed by atoms with Gasteiger partial charge in [0.15, 0.2) is 5.82 Å². The second-order valence-corrected chi connectivity index (χ2v) is 6.95. The Morgan fingerprint density at radius 2 is 2.07 bits per heavy atom. The maximum Gasteiger partial charge on any atom is 0.242 e. The van der Waals surface area contributed by atoms with Crippen LogP contribution in [0.2, 0.25) is 0 Å². The van der Waals surface area contributed by atoms with E-state index in [-0.39, 0.29) is 18.5 Å². The summed E-state index contributed by atoms with van der Waals surface area (Å²) in [5.41, 5.74) is 2.03. The first-order valence-electron chi connectivity index (χ1n) is 9.60. The van der Waals surface area contributed by atoms with Crippen molar-refractivity contribution < 1.29 is 9.53 Å². The zero-order valence-corrected chi connectivity index (χ0v) is 16.3. The monoisotopic (exact) mass is 396 g/mol. The van der Waals surface area contributed by atoms with Crippen molar-refractivity contribution in [1.82, 2.24) is 40.4 Å². The van der Waals surface area contributed by atoms with E-state index in [1.807, 2.05) is 25.1 Å². The highest BCUT2D eigenvalue weighted by Gasteiger charge is 2.29. The lowest BCUT2D eigenvalue weighted by molar-refractivity contribution is -0.122. The normalized spacial score (nSPS) is 15.9. The average molecular weight is 396 g/mol. The minimum absolute atomic E-state index is 0.0374. The van der Waals surface area contributed by atoms with Crippen molar-refractivity contribution in [3.05, 3.63) is 59.4 Å². The minimum atomic E-state index is -0.179. The summed E-state index contributed by atoms with van der Waals surface area (Å²) in [6, 6.07) is 9.93. The van der Waals surface area contributed by atoms with Crippen molar-refractivity contribution in [3.8, 4) is 0 Å². The lowest BCUT2D eigenvalue weighted by atomic mass is 10.0. The van der Waals surface area contributed by atoms with Crippen LogP contribution < -0.4 is 5.32 Å². The number of nitrogens with one attached hydrogen (secondary N) is 2. The molecule has 1 fully saturated rings. The summed E-state index contributed by atoms with van der Waals surface area (Å²) < 4.78 is 7.07. The molecular weight excluding hydrogens is 372 g/mol. The molecule has 3 heterocycles. The molecule has 1 atom stereocenters. The molecule has 4 rings (SSSR count). The average Bonchev–Trinajstić information content (AvgIpc) is 3.37. The third-order valence-corrected chi connectivity index (χ3v) is 4.83. The number of carbonyl (C=O) groups is 1. The number of hydrogen-bond donors (Lipinski definition) is 2. The zero-order valence-electron chi connectivity index (χ0n) is 16.3. The topological polar surface area (TPSA) is 114 Å². The SMILES string of the molecule is Cc1cnc(CNC(=O)Cn2nnnc2[C@@H](c2ccccc2)N2CCOCC2)[nH]1. The first-order valence-corrected chi connectivity index (χ1v) is 9.60. The van der Waals surface area contributed by atoms with Crippen LogP contribution in [0.25, 0.3) is 0 Å². The first kappa shape index (κ1) is 19.2. The quantitative estimate of drug-likeness (QED) is 0.596. The molecule has 0 spiro atoms. The Morgan fingerprint density at radius 3 is 2.79 bits per heavy atom. The summed E-state index contributed by atoms with van der Waals surface area (Å²) in [4.78, 5) is 22.0. The number of ether oxygens (including phenoxy) is 1. The van der Waals surface area contributed by atoms with Crippen molar-refractivity contribution in [2.45, 2.75) is 26.1 Å². The minimum Gasteiger partial charge on any atom is -0.379 e. The molecule has 1 aliphatic heterocycles. The van der Waals surface area contributed by atoms with Crippen molar-refractivity contribution in [2.75, 3.05) is 26.3 Å². The van der Waals surface area contributed by atoms with E-state index in [0.717, 1.165) is 24.3 Å². The number of rotatable bonds is 7. The largest absolute Gasteiger partial charge is 0.379 e. The summed E-state index contributed by atoms with van der Waals surface area (Å²) in [5, 5.41) is 15.0. The van der Waals surface area contributed by atoms with Crippen LogP contribution >= 0.6 is 0 Å². The van der Waals surface area contributed by atoms with Gasteiger partial charge in [0, 0.05) is 25.0 Å². The van der Waals surface area contributed by atoms with Gasteiger partial charge in [0.1, 0.15) is 12.4 Å². The predicted molar refractivity (Wildman–Crippen MR) is 104 cm³/mol. The molecule has 152 valence electrons. The molecule has 0 radical (unpaired) electrons. The van der Waals surface area contributed by atoms with E-state index < -0.39 is 0 Å². The number of benzene rings is 1. The number of amides is 1. The van der Waals surface area contributed by atoms with Gasteiger partial charge in [-0.2, -0.15) is 0 Å². The molecule has 0 bridgehead atoms. The fourth-order valence-corrected chi connectivity index (χ4v) is 3.45. The third-order valence-electron chi connectivity index (χ3n) is 4.83. The number of H-pyrrole nitrogens is 1. The lowest BCUT2D eigenvalue weighted by Gasteiger charge is -2.33. The van der Waals surface area contributed by atoms with Gasteiger partial charge in [-0.3, -0.25) is 9.69 Å². The standard InChI is InChI=1S/C19H24N8O2/c1-14-11-20-16(22-14)12-21-17(28)13-27-19(23-24-25-27)18(15-5-3-2-4-6-15)26-7-9-29-10-8-26/h2-6,11,18H,7-10,12-13H2,1H3,(H,20,22)(H,21,28)/t18-/m1/s1. The number of hydrogen-bond acceptors (Lipinski definition) is 7. The van der Waals surface area contributed by atoms with E-state index in [1.54, 1.807) is 10.9 Å². The van der Waals surface area contributed by atoms with Crippen LogP contribution in [0.5, 0.6) is 0 Å². The molecule has 10 heteroatoms. The Bertz CT molecular complexity index is 933. The second-order valence-electron chi connectivity index (χ2n) is 6.95. The Balaban J connectivity index is 1.51. The van der Waals surface area contributed by atoms with E-state index in [1.165, 1.54) is 0 Å². The molecule has 1 saturated heterocycles. The molecule has 2 N–H and O–H groups in total. The van der Waals surface area contributed by atoms with Gasteiger partial charge < -0.3 is 15.0 Å². The summed E-state index contributed by atoms with van der Waals surface area (Å²) in [5.74, 6) is 1.17. The molecule has 1 aliphatic rings. The smallest absolute Gasteiger partial charge is 0.242 e. The van der Waals surface area contributed by atoms with Crippen LogP contribution in [-0.4, -0.2) is 67.3 Å². The molecule has 1 aromatic carbocycles. The van der Waals surface area contributed by atoms with Gasteiger partial charge >= 0.3 is 0 Å². The molecule has 0 saturated carbocycles. The predicted octanol–water partition coefficient (Wildman–Crippen LogP) is 0.443. The number of nitrogens with zero attached hydrogens (tertiary/aromatic N) is 6. The van der Waals surface area contributed by atoms with Crippen LogP contribution in [0, 0.1) is 6.92 Å². The molecular formula is C19H24N8O2. The molecule has 3 aromatic rings. The molecule has 10 nitrogen and oxygen atoms in total. The molecule has 0 unspecified atom stereocenters. The Kier molecular flexibility index (Phi) is 5.92. The molecule has 2 aromatic heterocycles. The second kappa shape index (κ2) is 8.93. The summed E-state index contributed by atoms with van der Waals surface area (Å²) in [6.07, 6.45) is 1.73. The van der Waals surface area contributed by atoms with Gasteiger partial charge in [0.2, 0.25) is 5.91 Å². The molecule has 1 amide bonds. The van der Waals surface area contributed by atoms with E-state index >= 15 is 0 Å². The summed E-state index contributed by atoms with van der Waals surface area (Å²) in [6.45, 7) is 5.15. The maximum atomic E-state index is 12.5. The number of carbonyl (C=O) groups excluding carboxylic acids is 1. The maximum absolute atomic E-state index is 12.5.